The molecule has 0 unspecified atom stereocenters. The predicted octanol–water partition coefficient (Wildman–Crippen LogP) is 4.69. The van der Waals surface area contributed by atoms with Gasteiger partial charge >= 0.3 is 0 Å². The van der Waals surface area contributed by atoms with Gasteiger partial charge < -0.3 is 5.32 Å². The summed E-state index contributed by atoms with van der Waals surface area (Å²) in [6.45, 7) is 1.81. The third-order valence-corrected chi connectivity index (χ3v) is 3.29. The van der Waals surface area contributed by atoms with E-state index in [4.69, 9.17) is 23.2 Å². The van der Waals surface area contributed by atoms with Crippen molar-refractivity contribution in [1.82, 2.24) is 0 Å². The molecule has 98 valence electrons. The van der Waals surface area contributed by atoms with Gasteiger partial charge in [-0.15, -0.1) is 0 Å². The van der Waals surface area contributed by atoms with E-state index in [1.807, 2.05) is 6.92 Å². The third-order valence-electron chi connectivity index (χ3n) is 2.55. The van der Waals surface area contributed by atoms with E-state index in [-0.39, 0.29) is 10.7 Å². The minimum atomic E-state index is -0.487. The maximum atomic E-state index is 13.5. The van der Waals surface area contributed by atoms with Crippen molar-refractivity contribution < 1.29 is 9.18 Å². The van der Waals surface area contributed by atoms with Crippen LogP contribution in [0.1, 0.15) is 15.9 Å². The Labute approximate surface area is 120 Å². The second kappa shape index (κ2) is 5.59. The highest BCUT2D eigenvalue weighted by Gasteiger charge is 2.11. The lowest BCUT2D eigenvalue weighted by Gasteiger charge is -2.08. The number of aryl methyl sites for hydroxylation is 1. The molecule has 0 heterocycles. The lowest BCUT2D eigenvalue weighted by molar-refractivity contribution is 0.102. The number of hydrogen-bond acceptors (Lipinski definition) is 1. The molecule has 5 heteroatoms. The Balaban J connectivity index is 2.25. The van der Waals surface area contributed by atoms with Crippen molar-refractivity contribution in [2.24, 2.45) is 0 Å². The fraction of sp³-hybridized carbons (Fsp3) is 0.0714. The van der Waals surface area contributed by atoms with Crippen molar-refractivity contribution >= 4 is 34.8 Å². The number of halogens is 3. The van der Waals surface area contributed by atoms with E-state index < -0.39 is 11.7 Å². The topological polar surface area (TPSA) is 29.1 Å². The van der Waals surface area contributed by atoms with E-state index in [9.17, 15) is 9.18 Å². The molecule has 1 amide bonds. The molecule has 0 aliphatic heterocycles. The predicted molar refractivity (Wildman–Crippen MR) is 75.6 cm³/mol. The molecule has 1 N–H and O–H groups in total. The second-order valence-electron chi connectivity index (χ2n) is 4.07. The smallest absolute Gasteiger partial charge is 0.255 e. The van der Waals surface area contributed by atoms with Crippen LogP contribution in [0.25, 0.3) is 0 Å². The first-order valence-corrected chi connectivity index (χ1v) is 6.25. The Morgan fingerprint density at radius 1 is 1.11 bits per heavy atom. The number of anilines is 1. The highest BCUT2D eigenvalue weighted by molar-refractivity contribution is 6.42. The zero-order chi connectivity index (χ0) is 14.0. The third kappa shape index (κ3) is 3.25. The molecule has 0 aliphatic rings. The van der Waals surface area contributed by atoms with Gasteiger partial charge in [0.15, 0.2) is 0 Å². The van der Waals surface area contributed by atoms with Gasteiger partial charge in [-0.05, 0) is 42.8 Å². The van der Waals surface area contributed by atoms with Crippen molar-refractivity contribution in [3.05, 3.63) is 63.4 Å². The molecule has 2 aromatic rings. The average molecular weight is 298 g/mol. The van der Waals surface area contributed by atoms with E-state index in [0.29, 0.717) is 10.6 Å². The zero-order valence-corrected chi connectivity index (χ0v) is 11.5. The van der Waals surface area contributed by atoms with E-state index >= 15 is 0 Å². The Hall–Kier alpha value is -1.58. The van der Waals surface area contributed by atoms with Gasteiger partial charge in [-0.1, -0.05) is 29.3 Å². The summed E-state index contributed by atoms with van der Waals surface area (Å²) < 4.78 is 13.5. The maximum Gasteiger partial charge on any atom is 0.255 e. The Morgan fingerprint density at radius 2 is 1.84 bits per heavy atom. The summed E-state index contributed by atoms with van der Waals surface area (Å²) in [5.74, 6) is -0.929. The molecule has 2 rings (SSSR count). The highest BCUT2D eigenvalue weighted by Crippen LogP contribution is 2.23. The minimum absolute atomic E-state index is 0.135. The van der Waals surface area contributed by atoms with Crippen LogP contribution in [0.5, 0.6) is 0 Å². The van der Waals surface area contributed by atoms with Crippen LogP contribution >= 0.6 is 23.2 Å². The van der Waals surface area contributed by atoms with Crippen LogP contribution in [0.4, 0.5) is 10.1 Å². The second-order valence-corrected chi connectivity index (χ2v) is 4.88. The Kier molecular flexibility index (Phi) is 4.08. The monoisotopic (exact) mass is 297 g/mol. The molecule has 0 atom stereocenters. The van der Waals surface area contributed by atoms with Crippen LogP contribution in [-0.2, 0) is 0 Å². The van der Waals surface area contributed by atoms with Crippen LogP contribution in [0.2, 0.25) is 10.0 Å². The van der Waals surface area contributed by atoms with Gasteiger partial charge in [-0.25, -0.2) is 4.39 Å². The van der Waals surface area contributed by atoms with Crippen LogP contribution in [0.3, 0.4) is 0 Å². The summed E-state index contributed by atoms with van der Waals surface area (Å²) in [5.41, 5.74) is 1.30. The standard InChI is InChI=1S/C14H10Cl2FNO/c1-8-2-5-12(17)13(6-8)18-14(19)9-3-4-10(15)11(16)7-9/h2-7H,1H3,(H,18,19). The lowest BCUT2D eigenvalue weighted by Crippen LogP contribution is -2.13. The number of hydrogen-bond donors (Lipinski definition) is 1. The van der Waals surface area contributed by atoms with E-state index in [0.717, 1.165) is 5.56 Å². The molecular weight excluding hydrogens is 288 g/mol. The van der Waals surface area contributed by atoms with Gasteiger partial charge in [0.2, 0.25) is 0 Å². The Bertz CT molecular complexity index is 643. The normalized spacial score (nSPS) is 10.3. The van der Waals surface area contributed by atoms with Crippen LogP contribution in [0.15, 0.2) is 36.4 Å². The molecule has 0 radical (unpaired) electrons. The number of amides is 1. The summed E-state index contributed by atoms with van der Waals surface area (Å²) >= 11 is 11.6. The van der Waals surface area contributed by atoms with Crippen LogP contribution < -0.4 is 5.32 Å². The highest BCUT2D eigenvalue weighted by atomic mass is 35.5. The van der Waals surface area contributed by atoms with Gasteiger partial charge in [-0.3, -0.25) is 4.79 Å². The summed E-state index contributed by atoms with van der Waals surface area (Å²) in [7, 11) is 0. The van der Waals surface area contributed by atoms with Crippen molar-refractivity contribution in [2.45, 2.75) is 6.92 Å². The average Bonchev–Trinajstić information content (AvgIpc) is 2.37. The van der Waals surface area contributed by atoms with E-state index in [2.05, 4.69) is 5.32 Å². The first-order valence-electron chi connectivity index (χ1n) is 5.50. The minimum Gasteiger partial charge on any atom is -0.319 e. The SMILES string of the molecule is Cc1ccc(F)c(NC(=O)c2ccc(Cl)c(Cl)c2)c1. The van der Waals surface area contributed by atoms with Crippen molar-refractivity contribution in [1.29, 1.82) is 0 Å². The Morgan fingerprint density at radius 3 is 2.53 bits per heavy atom. The maximum absolute atomic E-state index is 13.5. The molecule has 0 bridgehead atoms. The number of carbonyl (C=O) groups is 1. The molecule has 0 aromatic heterocycles. The molecule has 0 aliphatic carbocycles. The van der Waals surface area contributed by atoms with Gasteiger partial charge in [0.1, 0.15) is 5.82 Å². The van der Waals surface area contributed by atoms with Crippen molar-refractivity contribution in [3.8, 4) is 0 Å². The number of rotatable bonds is 2. The molecule has 0 spiro atoms. The zero-order valence-electron chi connectivity index (χ0n) is 10.0. The molecule has 0 fully saturated rings. The van der Waals surface area contributed by atoms with Crippen LogP contribution in [-0.4, -0.2) is 5.91 Å². The van der Waals surface area contributed by atoms with Gasteiger partial charge in [-0.2, -0.15) is 0 Å². The number of nitrogens with one attached hydrogen (secondary N) is 1. The molecular formula is C14H10Cl2FNO. The number of benzene rings is 2. The summed E-state index contributed by atoms with van der Waals surface area (Å²) in [6, 6.07) is 8.98. The first-order chi connectivity index (χ1) is 8.97. The van der Waals surface area contributed by atoms with Gasteiger partial charge in [0.25, 0.3) is 5.91 Å². The van der Waals surface area contributed by atoms with Gasteiger partial charge in [0, 0.05) is 5.56 Å². The quantitative estimate of drug-likeness (QED) is 0.856. The van der Waals surface area contributed by atoms with Crippen molar-refractivity contribution in [3.63, 3.8) is 0 Å². The van der Waals surface area contributed by atoms with E-state index in [1.165, 1.54) is 24.3 Å². The largest absolute Gasteiger partial charge is 0.319 e. The number of carbonyl (C=O) groups excluding carboxylic acids is 1. The molecule has 0 saturated heterocycles. The summed E-state index contributed by atoms with van der Waals surface area (Å²) in [4.78, 5) is 12.0. The molecule has 19 heavy (non-hydrogen) atoms. The van der Waals surface area contributed by atoms with Gasteiger partial charge in [0.05, 0.1) is 15.7 Å². The first kappa shape index (κ1) is 13.8. The molecule has 2 nitrogen and oxygen atoms in total. The fourth-order valence-corrected chi connectivity index (χ4v) is 1.86. The fourth-order valence-electron chi connectivity index (χ4n) is 1.57. The van der Waals surface area contributed by atoms with Crippen LogP contribution in [0, 0.1) is 12.7 Å². The van der Waals surface area contributed by atoms with E-state index in [1.54, 1.807) is 12.1 Å². The van der Waals surface area contributed by atoms with Crippen molar-refractivity contribution in [2.75, 3.05) is 5.32 Å². The summed E-state index contributed by atoms with van der Waals surface area (Å²) in [5, 5.41) is 3.14. The molecule has 2 aromatic carbocycles. The molecule has 0 saturated carbocycles. The lowest BCUT2D eigenvalue weighted by atomic mass is 10.2. The summed E-state index contributed by atoms with van der Waals surface area (Å²) in [6.07, 6.45) is 0.